The zero-order valence-corrected chi connectivity index (χ0v) is 13.1. The topological polar surface area (TPSA) is 53.1 Å². The minimum absolute atomic E-state index is 0.109. The number of halogens is 1. The number of aromatic nitrogens is 1. The minimum atomic E-state index is -0.992. The van der Waals surface area contributed by atoms with Gasteiger partial charge in [0.2, 0.25) is 0 Å². The Kier molecular flexibility index (Phi) is 8.43. The molecule has 0 bridgehead atoms. The Morgan fingerprint density at radius 2 is 1.65 bits per heavy atom. The molecule has 2 N–H and O–H groups in total. The van der Waals surface area contributed by atoms with E-state index in [0.29, 0.717) is 5.02 Å². The third kappa shape index (κ3) is 6.00. The van der Waals surface area contributed by atoms with E-state index >= 15 is 0 Å². The summed E-state index contributed by atoms with van der Waals surface area (Å²) in [5.74, 6) is -0.992. The Morgan fingerprint density at radius 1 is 1.10 bits per heavy atom. The van der Waals surface area contributed by atoms with Gasteiger partial charge in [-0.15, -0.1) is 0 Å². The largest absolute Gasteiger partial charge is 0.477 e. The number of carbonyl (C=O) groups is 1. The van der Waals surface area contributed by atoms with E-state index in [1.165, 1.54) is 51.4 Å². The maximum absolute atomic E-state index is 10.8. The third-order valence-corrected chi connectivity index (χ3v) is 4.09. The first-order chi connectivity index (χ1) is 9.66. The van der Waals surface area contributed by atoms with Gasteiger partial charge in [0.1, 0.15) is 5.69 Å². The summed E-state index contributed by atoms with van der Waals surface area (Å²) in [7, 11) is 0. The minimum Gasteiger partial charge on any atom is -0.477 e. The van der Waals surface area contributed by atoms with Crippen LogP contribution in [0.3, 0.4) is 0 Å². The van der Waals surface area contributed by atoms with Crippen LogP contribution in [0.4, 0.5) is 0 Å². The molecule has 0 aliphatic carbocycles. The Morgan fingerprint density at radius 3 is 2.15 bits per heavy atom. The molecular formula is C16H26ClNO2. The first kappa shape index (κ1) is 17.1. The van der Waals surface area contributed by atoms with Crippen LogP contribution in [0.1, 0.15) is 80.8 Å². The van der Waals surface area contributed by atoms with E-state index in [4.69, 9.17) is 16.7 Å². The normalized spacial score (nSPS) is 10.9. The predicted octanol–water partition coefficient (Wildman–Crippen LogP) is 5.44. The van der Waals surface area contributed by atoms with Crippen LogP contribution in [0.15, 0.2) is 6.20 Å². The molecule has 114 valence electrons. The van der Waals surface area contributed by atoms with E-state index in [1.807, 2.05) is 0 Å². The molecule has 0 atom stereocenters. The predicted molar refractivity (Wildman–Crippen MR) is 83.7 cm³/mol. The number of H-pyrrole nitrogens is 1. The Bertz CT molecular complexity index is 401. The lowest BCUT2D eigenvalue weighted by Crippen LogP contribution is -1.96. The highest BCUT2D eigenvalue weighted by atomic mass is 35.5. The number of carboxylic acids is 1. The molecule has 0 saturated heterocycles. The van der Waals surface area contributed by atoms with Gasteiger partial charge in [0.25, 0.3) is 0 Å². The number of nitrogens with one attached hydrogen (secondary N) is 1. The fraction of sp³-hybridized carbons (Fsp3) is 0.688. The van der Waals surface area contributed by atoms with Crippen LogP contribution in [0.5, 0.6) is 0 Å². The monoisotopic (exact) mass is 299 g/mol. The van der Waals surface area contributed by atoms with Gasteiger partial charge in [-0.3, -0.25) is 0 Å². The zero-order valence-electron chi connectivity index (χ0n) is 12.4. The molecular weight excluding hydrogens is 274 g/mol. The molecule has 0 saturated carbocycles. The lowest BCUT2D eigenvalue weighted by Gasteiger charge is -2.02. The summed E-state index contributed by atoms with van der Waals surface area (Å²) in [4.78, 5) is 13.6. The van der Waals surface area contributed by atoms with Crippen molar-refractivity contribution in [1.29, 1.82) is 0 Å². The zero-order chi connectivity index (χ0) is 14.8. The molecule has 0 aliphatic rings. The van der Waals surface area contributed by atoms with E-state index in [9.17, 15) is 4.79 Å². The molecule has 20 heavy (non-hydrogen) atoms. The van der Waals surface area contributed by atoms with Crippen molar-refractivity contribution in [2.45, 2.75) is 71.1 Å². The summed E-state index contributed by atoms with van der Waals surface area (Å²) < 4.78 is 0. The maximum atomic E-state index is 10.8. The van der Waals surface area contributed by atoms with Gasteiger partial charge in [0.05, 0.1) is 5.02 Å². The van der Waals surface area contributed by atoms with Crippen molar-refractivity contribution in [2.24, 2.45) is 0 Å². The van der Waals surface area contributed by atoms with Crippen molar-refractivity contribution in [3.63, 3.8) is 0 Å². The number of hydrogen-bond donors (Lipinski definition) is 2. The number of carboxylic acid groups (broad SMARTS) is 1. The standard InChI is InChI=1S/C16H26ClNO2/c1-2-3-4-5-6-7-8-9-10-11-13-12-18-15(14(13)17)16(19)20/h12,18H,2-11H2,1H3,(H,19,20). The van der Waals surface area contributed by atoms with Gasteiger partial charge in [-0.25, -0.2) is 4.79 Å². The van der Waals surface area contributed by atoms with Crippen LogP contribution in [-0.4, -0.2) is 16.1 Å². The molecule has 0 fully saturated rings. The molecule has 4 heteroatoms. The highest BCUT2D eigenvalue weighted by molar-refractivity contribution is 6.34. The molecule has 0 aromatic carbocycles. The van der Waals surface area contributed by atoms with Gasteiger partial charge in [-0.05, 0) is 18.4 Å². The fourth-order valence-corrected chi connectivity index (χ4v) is 2.69. The smallest absolute Gasteiger partial charge is 0.353 e. The molecule has 0 aliphatic heterocycles. The van der Waals surface area contributed by atoms with Crippen LogP contribution in [0.2, 0.25) is 5.02 Å². The van der Waals surface area contributed by atoms with Crippen molar-refractivity contribution in [1.82, 2.24) is 4.98 Å². The quantitative estimate of drug-likeness (QED) is 0.535. The number of unbranched alkanes of at least 4 members (excludes halogenated alkanes) is 8. The number of hydrogen-bond acceptors (Lipinski definition) is 1. The van der Waals surface area contributed by atoms with Crippen LogP contribution < -0.4 is 0 Å². The first-order valence-electron chi connectivity index (χ1n) is 7.75. The molecule has 1 heterocycles. The molecule has 3 nitrogen and oxygen atoms in total. The van der Waals surface area contributed by atoms with Gasteiger partial charge in [0, 0.05) is 6.20 Å². The summed E-state index contributed by atoms with van der Waals surface area (Å²) in [5.41, 5.74) is 1.03. The molecule has 1 aromatic heterocycles. The molecule has 1 aromatic rings. The lowest BCUT2D eigenvalue weighted by molar-refractivity contribution is 0.0691. The third-order valence-electron chi connectivity index (χ3n) is 3.66. The van der Waals surface area contributed by atoms with Crippen LogP contribution >= 0.6 is 11.6 Å². The molecule has 0 radical (unpaired) electrons. The highest BCUT2D eigenvalue weighted by Crippen LogP contribution is 2.22. The Hall–Kier alpha value is -0.960. The fourth-order valence-electron chi connectivity index (χ4n) is 2.41. The van der Waals surface area contributed by atoms with Crippen molar-refractivity contribution in [3.05, 3.63) is 22.5 Å². The van der Waals surface area contributed by atoms with Crippen LogP contribution in [-0.2, 0) is 6.42 Å². The van der Waals surface area contributed by atoms with Crippen molar-refractivity contribution < 1.29 is 9.90 Å². The Balaban J connectivity index is 2.08. The van der Waals surface area contributed by atoms with Gasteiger partial charge in [-0.2, -0.15) is 0 Å². The average molecular weight is 300 g/mol. The lowest BCUT2D eigenvalue weighted by atomic mass is 10.0. The first-order valence-corrected chi connectivity index (χ1v) is 8.13. The number of aromatic amines is 1. The van der Waals surface area contributed by atoms with E-state index in [-0.39, 0.29) is 5.69 Å². The average Bonchev–Trinajstić information content (AvgIpc) is 2.78. The van der Waals surface area contributed by atoms with E-state index in [0.717, 1.165) is 18.4 Å². The van der Waals surface area contributed by atoms with Crippen LogP contribution in [0.25, 0.3) is 0 Å². The van der Waals surface area contributed by atoms with Crippen molar-refractivity contribution in [2.75, 3.05) is 0 Å². The van der Waals surface area contributed by atoms with Gasteiger partial charge >= 0.3 is 5.97 Å². The highest BCUT2D eigenvalue weighted by Gasteiger charge is 2.14. The maximum Gasteiger partial charge on any atom is 0.353 e. The van der Waals surface area contributed by atoms with E-state index in [1.54, 1.807) is 6.20 Å². The molecule has 0 unspecified atom stereocenters. The summed E-state index contributed by atoms with van der Waals surface area (Å²) >= 11 is 6.02. The number of aryl methyl sites for hydroxylation is 1. The van der Waals surface area contributed by atoms with Gasteiger partial charge in [0.15, 0.2) is 0 Å². The second kappa shape index (κ2) is 9.87. The summed E-state index contributed by atoms with van der Waals surface area (Å²) in [5, 5.41) is 9.27. The number of aromatic carboxylic acids is 1. The second-order valence-corrected chi connectivity index (χ2v) is 5.76. The van der Waals surface area contributed by atoms with E-state index < -0.39 is 5.97 Å². The number of rotatable bonds is 11. The van der Waals surface area contributed by atoms with E-state index in [2.05, 4.69) is 11.9 Å². The van der Waals surface area contributed by atoms with Crippen LogP contribution in [0, 0.1) is 0 Å². The van der Waals surface area contributed by atoms with Gasteiger partial charge in [-0.1, -0.05) is 69.9 Å². The SMILES string of the molecule is CCCCCCCCCCCc1c[nH]c(C(=O)O)c1Cl. The summed E-state index contributed by atoms with van der Waals surface area (Å²) in [6, 6.07) is 0. The second-order valence-electron chi connectivity index (χ2n) is 5.39. The van der Waals surface area contributed by atoms with Crippen molar-refractivity contribution >= 4 is 17.6 Å². The molecule has 0 amide bonds. The summed E-state index contributed by atoms with van der Waals surface area (Å²) in [6.07, 6.45) is 14.2. The Labute approximate surface area is 126 Å². The molecule has 1 rings (SSSR count). The summed E-state index contributed by atoms with van der Waals surface area (Å²) in [6.45, 7) is 2.24. The van der Waals surface area contributed by atoms with Gasteiger partial charge < -0.3 is 10.1 Å². The van der Waals surface area contributed by atoms with Crippen molar-refractivity contribution in [3.8, 4) is 0 Å². The molecule has 0 spiro atoms.